The maximum atomic E-state index is 12.7. The van der Waals surface area contributed by atoms with Crippen LogP contribution in [0.1, 0.15) is 46.8 Å². The first-order valence-electron chi connectivity index (χ1n) is 12.7. The molecule has 0 spiro atoms. The monoisotopic (exact) mass is 521 g/mol. The quantitative estimate of drug-likeness (QED) is 0.400. The maximum absolute atomic E-state index is 12.7. The Balaban J connectivity index is 1.36. The normalized spacial score (nSPS) is 13.9. The number of ether oxygens (including phenoxy) is 1. The van der Waals surface area contributed by atoms with Crippen molar-refractivity contribution in [3.8, 4) is 5.75 Å². The molecule has 3 aromatic carbocycles. The molecule has 4 rings (SSSR count). The predicted octanol–water partition coefficient (Wildman–Crippen LogP) is 4.58. The summed E-state index contributed by atoms with van der Waals surface area (Å²) in [5.74, 6) is 0.524. The summed E-state index contributed by atoms with van der Waals surface area (Å²) in [5, 5.41) is 2.99. The van der Waals surface area contributed by atoms with E-state index in [2.05, 4.69) is 22.3 Å². The molecule has 0 atom stereocenters. The van der Waals surface area contributed by atoms with E-state index < -0.39 is 10.0 Å². The molecule has 1 heterocycles. The molecule has 1 aliphatic heterocycles. The Hall–Kier alpha value is -3.36. The molecule has 1 fully saturated rings. The van der Waals surface area contributed by atoms with Crippen molar-refractivity contribution in [2.75, 3.05) is 30.3 Å². The van der Waals surface area contributed by atoms with Gasteiger partial charge in [0.05, 0.1) is 25.1 Å². The van der Waals surface area contributed by atoms with Crippen LogP contribution in [0.3, 0.4) is 0 Å². The van der Waals surface area contributed by atoms with Crippen LogP contribution in [0.4, 0.5) is 5.69 Å². The Morgan fingerprint density at radius 2 is 1.62 bits per heavy atom. The van der Waals surface area contributed by atoms with E-state index in [-0.39, 0.29) is 12.5 Å². The van der Waals surface area contributed by atoms with Gasteiger partial charge in [-0.05, 0) is 85.9 Å². The average Bonchev–Trinajstić information content (AvgIpc) is 3.40. The molecule has 7 nitrogen and oxygen atoms in total. The van der Waals surface area contributed by atoms with Crippen LogP contribution in [-0.4, -0.2) is 45.2 Å². The van der Waals surface area contributed by atoms with Gasteiger partial charge in [0, 0.05) is 18.7 Å². The van der Waals surface area contributed by atoms with Crippen LogP contribution < -0.4 is 14.4 Å². The van der Waals surface area contributed by atoms with E-state index in [1.54, 1.807) is 48.5 Å². The summed E-state index contributed by atoms with van der Waals surface area (Å²) in [5.41, 5.74) is 4.20. The van der Waals surface area contributed by atoms with Crippen molar-refractivity contribution in [1.82, 2.24) is 10.2 Å². The minimum absolute atomic E-state index is 0.164. The summed E-state index contributed by atoms with van der Waals surface area (Å²) in [6, 6.07) is 22.4. The van der Waals surface area contributed by atoms with Crippen molar-refractivity contribution in [2.45, 2.75) is 39.4 Å². The van der Waals surface area contributed by atoms with Crippen LogP contribution >= 0.6 is 0 Å². The standard InChI is InChI=1S/C29H35N3O4S/c1-3-36-28-15-13-27(14-16-28)32(37(2,34)35)22-23-9-11-26(12-10-23)29(33)30-20-24-7-6-8-25(19-24)21-31-17-4-5-18-31/h6-16,19H,3-5,17-18,20-22H2,1-2H3,(H,30,33). The van der Waals surface area contributed by atoms with E-state index in [0.29, 0.717) is 30.2 Å². The van der Waals surface area contributed by atoms with Gasteiger partial charge in [-0.25, -0.2) is 8.42 Å². The second-order valence-corrected chi connectivity index (χ2v) is 11.3. The molecule has 0 radical (unpaired) electrons. The summed E-state index contributed by atoms with van der Waals surface area (Å²) in [6.07, 6.45) is 3.72. The van der Waals surface area contributed by atoms with Gasteiger partial charge in [0.25, 0.3) is 5.91 Å². The SMILES string of the molecule is CCOc1ccc(N(Cc2ccc(C(=O)NCc3cccc(CN4CCCC4)c3)cc2)S(C)(=O)=O)cc1. The molecular formula is C29H35N3O4S. The van der Waals surface area contributed by atoms with E-state index in [9.17, 15) is 13.2 Å². The van der Waals surface area contributed by atoms with E-state index in [1.165, 1.54) is 29.0 Å². The number of sulfonamides is 1. The van der Waals surface area contributed by atoms with Crippen molar-refractivity contribution < 1.29 is 17.9 Å². The number of carbonyl (C=O) groups excluding carboxylic acids is 1. The van der Waals surface area contributed by atoms with E-state index in [4.69, 9.17) is 4.74 Å². The number of likely N-dealkylation sites (tertiary alicyclic amines) is 1. The lowest BCUT2D eigenvalue weighted by Crippen LogP contribution is -2.29. The van der Waals surface area contributed by atoms with Gasteiger partial charge < -0.3 is 10.1 Å². The van der Waals surface area contributed by atoms with Crippen LogP contribution in [-0.2, 0) is 29.7 Å². The second-order valence-electron chi connectivity index (χ2n) is 9.38. The first kappa shape index (κ1) is 26.7. The highest BCUT2D eigenvalue weighted by Gasteiger charge is 2.18. The van der Waals surface area contributed by atoms with Crippen molar-refractivity contribution in [2.24, 2.45) is 0 Å². The van der Waals surface area contributed by atoms with Crippen molar-refractivity contribution in [1.29, 1.82) is 0 Å². The molecule has 0 saturated carbocycles. The van der Waals surface area contributed by atoms with Crippen molar-refractivity contribution >= 4 is 21.6 Å². The molecule has 1 N–H and O–H groups in total. The molecule has 37 heavy (non-hydrogen) atoms. The Kier molecular flexibility index (Phi) is 8.84. The lowest BCUT2D eigenvalue weighted by atomic mass is 10.1. The highest BCUT2D eigenvalue weighted by Crippen LogP contribution is 2.24. The number of amides is 1. The van der Waals surface area contributed by atoms with Crippen molar-refractivity contribution in [3.63, 3.8) is 0 Å². The van der Waals surface area contributed by atoms with Gasteiger partial charge in [-0.2, -0.15) is 0 Å². The fraction of sp³-hybridized carbons (Fsp3) is 0.345. The lowest BCUT2D eigenvalue weighted by Gasteiger charge is -2.23. The molecule has 1 amide bonds. The van der Waals surface area contributed by atoms with Gasteiger partial charge in [0.15, 0.2) is 0 Å². The van der Waals surface area contributed by atoms with Gasteiger partial charge in [-0.15, -0.1) is 0 Å². The Bertz CT molecular complexity index is 1290. The number of benzene rings is 3. The average molecular weight is 522 g/mol. The highest BCUT2D eigenvalue weighted by molar-refractivity contribution is 7.92. The molecule has 3 aromatic rings. The van der Waals surface area contributed by atoms with Gasteiger partial charge in [0.1, 0.15) is 5.75 Å². The van der Waals surface area contributed by atoms with Crippen LogP contribution in [0.5, 0.6) is 5.75 Å². The molecule has 0 aliphatic carbocycles. The smallest absolute Gasteiger partial charge is 0.251 e. The summed E-state index contributed by atoms with van der Waals surface area (Å²) in [4.78, 5) is 15.2. The number of rotatable bonds is 11. The number of nitrogens with zero attached hydrogens (tertiary/aromatic N) is 2. The Morgan fingerprint density at radius 1 is 0.946 bits per heavy atom. The van der Waals surface area contributed by atoms with Crippen LogP contribution in [0.15, 0.2) is 72.8 Å². The number of hydrogen-bond acceptors (Lipinski definition) is 5. The minimum atomic E-state index is -3.51. The third-order valence-electron chi connectivity index (χ3n) is 6.43. The zero-order valence-electron chi connectivity index (χ0n) is 21.5. The molecule has 0 bridgehead atoms. The Labute approximate surface area is 220 Å². The van der Waals surface area contributed by atoms with Gasteiger partial charge in [-0.3, -0.25) is 14.0 Å². The van der Waals surface area contributed by atoms with E-state index in [0.717, 1.165) is 30.8 Å². The first-order valence-corrected chi connectivity index (χ1v) is 14.5. The van der Waals surface area contributed by atoms with Crippen LogP contribution in [0.25, 0.3) is 0 Å². The molecule has 8 heteroatoms. The summed E-state index contributed by atoms with van der Waals surface area (Å²) >= 11 is 0. The number of carbonyl (C=O) groups is 1. The molecule has 1 saturated heterocycles. The third kappa shape index (κ3) is 7.57. The van der Waals surface area contributed by atoms with Crippen LogP contribution in [0, 0.1) is 0 Å². The molecule has 0 aromatic heterocycles. The zero-order valence-corrected chi connectivity index (χ0v) is 22.3. The maximum Gasteiger partial charge on any atom is 0.251 e. The predicted molar refractivity (Wildman–Crippen MR) is 147 cm³/mol. The third-order valence-corrected chi connectivity index (χ3v) is 7.57. The van der Waals surface area contributed by atoms with Crippen LogP contribution in [0.2, 0.25) is 0 Å². The Morgan fingerprint density at radius 3 is 2.27 bits per heavy atom. The number of anilines is 1. The van der Waals surface area contributed by atoms with E-state index in [1.807, 2.05) is 19.1 Å². The summed E-state index contributed by atoms with van der Waals surface area (Å²) in [6.45, 7) is 6.31. The highest BCUT2D eigenvalue weighted by atomic mass is 32.2. The topological polar surface area (TPSA) is 79.0 Å². The molecule has 0 unspecified atom stereocenters. The summed E-state index contributed by atoms with van der Waals surface area (Å²) < 4.78 is 31.8. The fourth-order valence-corrected chi connectivity index (χ4v) is 5.41. The molecular weight excluding hydrogens is 486 g/mol. The zero-order chi connectivity index (χ0) is 26.3. The number of hydrogen-bond donors (Lipinski definition) is 1. The van der Waals surface area contributed by atoms with Gasteiger partial charge in [0.2, 0.25) is 10.0 Å². The lowest BCUT2D eigenvalue weighted by molar-refractivity contribution is 0.0951. The summed E-state index contributed by atoms with van der Waals surface area (Å²) in [7, 11) is -3.51. The number of nitrogens with one attached hydrogen (secondary N) is 1. The van der Waals surface area contributed by atoms with Crippen molar-refractivity contribution in [3.05, 3.63) is 95.1 Å². The molecule has 196 valence electrons. The first-order chi connectivity index (χ1) is 17.8. The minimum Gasteiger partial charge on any atom is -0.494 e. The van der Waals surface area contributed by atoms with E-state index >= 15 is 0 Å². The second kappa shape index (κ2) is 12.3. The van der Waals surface area contributed by atoms with Gasteiger partial charge >= 0.3 is 0 Å². The largest absolute Gasteiger partial charge is 0.494 e. The molecule has 1 aliphatic rings. The fourth-order valence-electron chi connectivity index (χ4n) is 4.52. The van der Waals surface area contributed by atoms with Gasteiger partial charge in [-0.1, -0.05) is 36.4 Å².